The molecule has 0 radical (unpaired) electrons. The zero-order valence-electron chi connectivity index (χ0n) is 12.7. The van der Waals surface area contributed by atoms with Crippen molar-refractivity contribution in [1.82, 2.24) is 14.6 Å². The van der Waals surface area contributed by atoms with Crippen LogP contribution in [0.25, 0.3) is 4.96 Å². The second-order valence-corrected chi connectivity index (χ2v) is 6.66. The number of hydrogen-bond donors (Lipinski definition) is 1. The highest BCUT2D eigenvalue weighted by atomic mass is 32.1. The van der Waals surface area contributed by atoms with Gasteiger partial charge >= 0.3 is 0 Å². The molecule has 0 aliphatic carbocycles. The van der Waals surface area contributed by atoms with E-state index < -0.39 is 0 Å². The van der Waals surface area contributed by atoms with Crippen molar-refractivity contribution >= 4 is 21.4 Å². The van der Waals surface area contributed by atoms with Crippen molar-refractivity contribution in [3.63, 3.8) is 0 Å². The van der Waals surface area contributed by atoms with Crippen LogP contribution in [0.15, 0.2) is 35.1 Å². The van der Waals surface area contributed by atoms with Crippen molar-refractivity contribution in [2.45, 2.75) is 13.3 Å². The van der Waals surface area contributed by atoms with Gasteiger partial charge in [0.15, 0.2) is 0 Å². The van der Waals surface area contributed by atoms with Crippen LogP contribution in [0, 0.1) is 12.8 Å². The summed E-state index contributed by atoms with van der Waals surface area (Å²) in [6.45, 7) is 3.25. The third-order valence-corrected chi connectivity index (χ3v) is 4.74. The standard InChI is InChI=1S/C16H16N4O2S/c1-10-6-14(21)20-16(18-10)23-15(19-20)17-8-11-7-12-4-2-3-5-13(12)22-9-11/h2-6,11H,7-9H2,1H3,(H,17,19). The molecule has 0 bridgehead atoms. The van der Waals surface area contributed by atoms with Crippen molar-refractivity contribution in [3.8, 4) is 5.75 Å². The van der Waals surface area contributed by atoms with Crippen molar-refractivity contribution < 1.29 is 4.74 Å². The maximum absolute atomic E-state index is 11.9. The van der Waals surface area contributed by atoms with Gasteiger partial charge in [0, 0.05) is 24.2 Å². The minimum absolute atomic E-state index is 0.147. The minimum Gasteiger partial charge on any atom is -0.493 e. The van der Waals surface area contributed by atoms with Gasteiger partial charge in [0.1, 0.15) is 5.75 Å². The highest BCUT2D eigenvalue weighted by Crippen LogP contribution is 2.27. The van der Waals surface area contributed by atoms with Crippen LogP contribution in [0.2, 0.25) is 0 Å². The number of ether oxygens (including phenoxy) is 1. The molecule has 118 valence electrons. The van der Waals surface area contributed by atoms with Crippen molar-refractivity contribution in [2.24, 2.45) is 5.92 Å². The smallest absolute Gasteiger partial charge is 0.275 e. The van der Waals surface area contributed by atoms with Crippen LogP contribution in [-0.2, 0) is 6.42 Å². The average Bonchev–Trinajstić information content (AvgIpc) is 2.96. The summed E-state index contributed by atoms with van der Waals surface area (Å²) in [6.07, 6.45) is 0.978. The molecule has 3 heterocycles. The lowest BCUT2D eigenvalue weighted by Crippen LogP contribution is -2.27. The predicted octanol–water partition coefficient (Wildman–Crippen LogP) is 2.12. The van der Waals surface area contributed by atoms with Crippen LogP contribution < -0.4 is 15.6 Å². The van der Waals surface area contributed by atoms with E-state index in [2.05, 4.69) is 21.5 Å². The highest BCUT2D eigenvalue weighted by molar-refractivity contribution is 7.20. The van der Waals surface area contributed by atoms with E-state index in [0.717, 1.165) is 18.7 Å². The molecule has 1 aliphatic heterocycles. The van der Waals surface area contributed by atoms with E-state index >= 15 is 0 Å². The first-order valence-electron chi connectivity index (χ1n) is 7.51. The largest absolute Gasteiger partial charge is 0.493 e. The first-order valence-corrected chi connectivity index (χ1v) is 8.33. The Morgan fingerprint density at radius 1 is 1.43 bits per heavy atom. The van der Waals surface area contributed by atoms with Gasteiger partial charge in [-0.15, -0.1) is 5.10 Å². The fourth-order valence-corrected chi connectivity index (χ4v) is 3.60. The molecule has 1 unspecified atom stereocenters. The van der Waals surface area contributed by atoms with Crippen LogP contribution in [0.3, 0.4) is 0 Å². The Morgan fingerprint density at radius 2 is 2.30 bits per heavy atom. The third kappa shape index (κ3) is 2.79. The number of fused-ring (bicyclic) bond motifs is 2. The van der Waals surface area contributed by atoms with Gasteiger partial charge in [-0.3, -0.25) is 4.79 Å². The van der Waals surface area contributed by atoms with Gasteiger partial charge in [-0.25, -0.2) is 4.98 Å². The molecular weight excluding hydrogens is 312 g/mol. The number of para-hydroxylation sites is 1. The topological polar surface area (TPSA) is 68.5 Å². The SMILES string of the molecule is Cc1cc(=O)n2nc(NCC3COc4ccccc4C3)sc2n1. The summed E-state index contributed by atoms with van der Waals surface area (Å²) in [5.41, 5.74) is 1.80. The summed E-state index contributed by atoms with van der Waals surface area (Å²) in [4.78, 5) is 16.8. The fraction of sp³-hybridized carbons (Fsp3) is 0.312. The quantitative estimate of drug-likeness (QED) is 0.797. The Bertz CT molecular complexity index is 918. The molecule has 2 aromatic heterocycles. The van der Waals surface area contributed by atoms with Crippen LogP contribution >= 0.6 is 11.3 Å². The summed E-state index contributed by atoms with van der Waals surface area (Å²) < 4.78 is 7.13. The highest BCUT2D eigenvalue weighted by Gasteiger charge is 2.19. The number of benzene rings is 1. The molecule has 1 aromatic carbocycles. The maximum atomic E-state index is 11.9. The normalized spacial score (nSPS) is 16.8. The van der Waals surface area contributed by atoms with E-state index in [9.17, 15) is 4.79 Å². The van der Waals surface area contributed by atoms with Gasteiger partial charge in [-0.05, 0) is 25.0 Å². The number of hydrogen-bond acceptors (Lipinski definition) is 6. The number of aryl methyl sites for hydroxylation is 1. The predicted molar refractivity (Wildman–Crippen MR) is 89.5 cm³/mol. The average molecular weight is 328 g/mol. The number of rotatable bonds is 3. The number of nitrogens with zero attached hydrogens (tertiary/aromatic N) is 3. The monoisotopic (exact) mass is 328 g/mol. The van der Waals surface area contributed by atoms with E-state index in [-0.39, 0.29) is 5.56 Å². The molecule has 0 spiro atoms. The van der Waals surface area contributed by atoms with Crippen molar-refractivity contribution in [2.75, 3.05) is 18.5 Å². The van der Waals surface area contributed by atoms with Crippen LogP contribution in [0.4, 0.5) is 5.13 Å². The van der Waals surface area contributed by atoms with E-state index in [4.69, 9.17) is 4.74 Å². The summed E-state index contributed by atoms with van der Waals surface area (Å²) in [7, 11) is 0. The Balaban J connectivity index is 1.48. The van der Waals surface area contributed by atoms with Crippen LogP contribution in [0.5, 0.6) is 5.75 Å². The zero-order chi connectivity index (χ0) is 15.8. The molecule has 1 atom stereocenters. The van der Waals surface area contributed by atoms with Gasteiger partial charge in [0.2, 0.25) is 10.1 Å². The lowest BCUT2D eigenvalue weighted by atomic mass is 9.97. The Hall–Kier alpha value is -2.41. The Kier molecular flexibility index (Phi) is 3.49. The van der Waals surface area contributed by atoms with Crippen molar-refractivity contribution in [3.05, 3.63) is 51.9 Å². The molecule has 7 heteroatoms. The lowest BCUT2D eigenvalue weighted by molar-refractivity contribution is 0.229. The van der Waals surface area contributed by atoms with E-state index in [1.54, 1.807) is 0 Å². The van der Waals surface area contributed by atoms with Gasteiger partial charge in [0.25, 0.3) is 5.56 Å². The van der Waals surface area contributed by atoms with E-state index in [1.807, 2.05) is 25.1 Å². The molecule has 1 aliphatic rings. The van der Waals surface area contributed by atoms with E-state index in [1.165, 1.54) is 27.5 Å². The fourth-order valence-electron chi connectivity index (χ4n) is 2.75. The molecule has 0 amide bonds. The summed E-state index contributed by atoms with van der Waals surface area (Å²) in [5, 5.41) is 8.31. The van der Waals surface area contributed by atoms with E-state index in [0.29, 0.717) is 28.3 Å². The number of aromatic nitrogens is 3. The first-order chi connectivity index (χ1) is 11.2. The van der Waals surface area contributed by atoms with Crippen LogP contribution in [-0.4, -0.2) is 27.7 Å². The van der Waals surface area contributed by atoms with Gasteiger partial charge in [0.05, 0.1) is 6.61 Å². The van der Waals surface area contributed by atoms with Gasteiger partial charge < -0.3 is 10.1 Å². The molecule has 4 rings (SSSR count). The molecule has 0 fully saturated rings. The third-order valence-electron chi connectivity index (χ3n) is 3.87. The number of anilines is 1. The molecule has 0 saturated heterocycles. The molecule has 1 N–H and O–H groups in total. The molecule has 23 heavy (non-hydrogen) atoms. The zero-order valence-corrected chi connectivity index (χ0v) is 13.5. The first kappa shape index (κ1) is 14.2. The van der Waals surface area contributed by atoms with Crippen LogP contribution in [0.1, 0.15) is 11.3 Å². The van der Waals surface area contributed by atoms with Gasteiger partial charge in [-0.1, -0.05) is 29.5 Å². The minimum atomic E-state index is -0.147. The lowest BCUT2D eigenvalue weighted by Gasteiger charge is -2.25. The summed E-state index contributed by atoms with van der Waals surface area (Å²) in [5.74, 6) is 1.36. The Labute approximate surface area is 136 Å². The Morgan fingerprint density at radius 3 is 3.22 bits per heavy atom. The molecule has 3 aromatic rings. The second kappa shape index (κ2) is 5.66. The van der Waals surface area contributed by atoms with Gasteiger partial charge in [-0.2, -0.15) is 4.52 Å². The number of nitrogens with one attached hydrogen (secondary N) is 1. The summed E-state index contributed by atoms with van der Waals surface area (Å²) in [6, 6.07) is 9.62. The second-order valence-electron chi connectivity index (χ2n) is 5.71. The molecule has 6 nitrogen and oxygen atoms in total. The van der Waals surface area contributed by atoms with Crippen molar-refractivity contribution in [1.29, 1.82) is 0 Å². The maximum Gasteiger partial charge on any atom is 0.275 e. The summed E-state index contributed by atoms with van der Waals surface area (Å²) >= 11 is 1.39. The molecule has 0 saturated carbocycles. The molecular formula is C16H16N4O2S.